The minimum atomic E-state index is -0.486. The number of carbonyl (C=O) groups excluding carboxylic acids is 2. The van der Waals surface area contributed by atoms with Crippen LogP contribution in [0.25, 0.3) is 0 Å². The molecular weight excluding hydrogens is 418 g/mol. The Kier molecular flexibility index (Phi) is 7.87. The highest BCUT2D eigenvalue weighted by Gasteiger charge is 2.28. The molecule has 0 bridgehead atoms. The molecule has 0 aliphatic heterocycles. The molecule has 2 aromatic rings. The van der Waals surface area contributed by atoms with Crippen LogP contribution in [0.3, 0.4) is 0 Å². The Hall–Kier alpha value is -3.62. The molecule has 2 N–H and O–H groups in total. The van der Waals surface area contributed by atoms with Gasteiger partial charge in [0.05, 0.1) is 23.8 Å². The molecule has 9 heteroatoms. The van der Waals surface area contributed by atoms with Crippen LogP contribution in [0, 0.1) is 0 Å². The molecule has 1 fully saturated rings. The average Bonchev–Trinajstić information content (AvgIpc) is 3.56. The first-order valence-corrected chi connectivity index (χ1v) is 11.1. The number of hydrogen-bond donors (Lipinski definition) is 2. The van der Waals surface area contributed by atoms with Gasteiger partial charge in [0.2, 0.25) is 0 Å². The van der Waals surface area contributed by atoms with Gasteiger partial charge < -0.3 is 10.6 Å². The van der Waals surface area contributed by atoms with Gasteiger partial charge in [0.25, 0.3) is 11.8 Å². The third-order valence-corrected chi connectivity index (χ3v) is 5.23. The van der Waals surface area contributed by atoms with Gasteiger partial charge >= 0.3 is 0 Å². The number of aromatic nitrogens is 4. The standard InChI is InChI=1S/C24H31N7O2/c1-15(2)9-7-6-8-10-16(3)28-22-20(29-18(13-26-22)17-11-12-17)23(32)30-19-14-27-31(5)21(19)24(33)25-4/h8,10,13-14,17H,1,6-7,9,11-12H2,2-5H3,(H,25,33)(H,30,32)/b10-8-,28-16?. The van der Waals surface area contributed by atoms with Crippen LogP contribution in [0.2, 0.25) is 0 Å². The van der Waals surface area contributed by atoms with Crippen molar-refractivity contribution in [2.75, 3.05) is 12.4 Å². The second-order valence-corrected chi connectivity index (χ2v) is 8.31. The van der Waals surface area contributed by atoms with Crippen LogP contribution >= 0.6 is 0 Å². The second kappa shape index (κ2) is 10.8. The topological polar surface area (TPSA) is 114 Å². The maximum atomic E-state index is 13.2. The van der Waals surface area contributed by atoms with Crippen LogP contribution in [0.5, 0.6) is 0 Å². The molecule has 2 heterocycles. The summed E-state index contributed by atoms with van der Waals surface area (Å²) in [5.41, 5.74) is 3.34. The van der Waals surface area contributed by atoms with E-state index < -0.39 is 5.91 Å². The summed E-state index contributed by atoms with van der Waals surface area (Å²) < 4.78 is 1.41. The first kappa shape index (κ1) is 24.0. The van der Waals surface area contributed by atoms with Crippen LogP contribution in [0.15, 0.2) is 41.7 Å². The maximum absolute atomic E-state index is 13.2. The van der Waals surface area contributed by atoms with Gasteiger partial charge in [-0.25, -0.2) is 15.0 Å². The summed E-state index contributed by atoms with van der Waals surface area (Å²) in [5, 5.41) is 9.39. The molecule has 1 aliphatic rings. The number of aryl methyl sites for hydroxylation is 1. The van der Waals surface area contributed by atoms with Crippen molar-refractivity contribution in [1.29, 1.82) is 0 Å². The van der Waals surface area contributed by atoms with Gasteiger partial charge in [-0.2, -0.15) is 5.10 Å². The van der Waals surface area contributed by atoms with Gasteiger partial charge in [0.1, 0.15) is 5.69 Å². The molecule has 0 radical (unpaired) electrons. The highest BCUT2D eigenvalue weighted by Crippen LogP contribution is 2.39. The first-order chi connectivity index (χ1) is 15.8. The molecule has 0 atom stereocenters. The molecule has 1 aliphatic carbocycles. The van der Waals surface area contributed by atoms with Crippen molar-refractivity contribution >= 4 is 29.0 Å². The lowest BCUT2D eigenvalue weighted by atomic mass is 10.1. The van der Waals surface area contributed by atoms with Gasteiger partial charge in [-0.05, 0) is 52.0 Å². The van der Waals surface area contributed by atoms with Crippen molar-refractivity contribution in [3.8, 4) is 0 Å². The van der Waals surface area contributed by atoms with Gasteiger partial charge in [-0.15, -0.1) is 6.58 Å². The molecule has 0 saturated heterocycles. The summed E-state index contributed by atoms with van der Waals surface area (Å²) in [7, 11) is 3.16. The number of unbranched alkanes of at least 4 members (excludes halogenated alkanes) is 1. The number of rotatable bonds is 10. The van der Waals surface area contributed by atoms with E-state index in [1.165, 1.54) is 23.5 Å². The fourth-order valence-electron chi connectivity index (χ4n) is 3.28. The Labute approximate surface area is 194 Å². The maximum Gasteiger partial charge on any atom is 0.278 e. The Bertz CT molecular complexity index is 1110. The quantitative estimate of drug-likeness (QED) is 0.322. The second-order valence-electron chi connectivity index (χ2n) is 8.31. The van der Waals surface area contributed by atoms with Gasteiger partial charge in [0.15, 0.2) is 11.5 Å². The van der Waals surface area contributed by atoms with E-state index in [0.717, 1.165) is 43.5 Å². The highest BCUT2D eigenvalue weighted by atomic mass is 16.2. The monoisotopic (exact) mass is 449 g/mol. The molecule has 0 unspecified atom stereocenters. The largest absolute Gasteiger partial charge is 0.354 e. The van der Waals surface area contributed by atoms with E-state index in [0.29, 0.717) is 11.6 Å². The summed E-state index contributed by atoms with van der Waals surface area (Å²) in [6.45, 7) is 7.80. The number of nitrogens with zero attached hydrogens (tertiary/aromatic N) is 5. The van der Waals surface area contributed by atoms with Crippen LogP contribution in [-0.4, -0.2) is 44.3 Å². The predicted octanol–water partition coefficient (Wildman–Crippen LogP) is 4.09. The summed E-state index contributed by atoms with van der Waals surface area (Å²) >= 11 is 0. The number of amides is 2. The van der Waals surface area contributed by atoms with E-state index in [2.05, 4.69) is 43.3 Å². The lowest BCUT2D eigenvalue weighted by molar-refractivity contribution is 0.0954. The van der Waals surface area contributed by atoms with Crippen molar-refractivity contribution < 1.29 is 9.59 Å². The predicted molar refractivity (Wildman–Crippen MR) is 129 cm³/mol. The zero-order chi connectivity index (χ0) is 24.0. The first-order valence-electron chi connectivity index (χ1n) is 11.1. The highest BCUT2D eigenvalue weighted by molar-refractivity contribution is 6.09. The van der Waals surface area contributed by atoms with E-state index in [9.17, 15) is 9.59 Å². The van der Waals surface area contributed by atoms with Crippen LogP contribution < -0.4 is 10.6 Å². The zero-order valence-electron chi connectivity index (χ0n) is 19.7. The third-order valence-electron chi connectivity index (χ3n) is 5.23. The smallest absolute Gasteiger partial charge is 0.278 e. The summed E-state index contributed by atoms with van der Waals surface area (Å²) in [4.78, 5) is 38.9. The minimum Gasteiger partial charge on any atom is -0.354 e. The molecule has 0 spiro atoms. The zero-order valence-corrected chi connectivity index (χ0v) is 19.7. The van der Waals surface area contributed by atoms with E-state index >= 15 is 0 Å². The van der Waals surface area contributed by atoms with Crippen LogP contribution in [0.1, 0.15) is 78.5 Å². The van der Waals surface area contributed by atoms with Crippen LogP contribution in [0.4, 0.5) is 11.5 Å². The fourth-order valence-corrected chi connectivity index (χ4v) is 3.28. The van der Waals surface area contributed by atoms with E-state index in [1.807, 2.05) is 19.9 Å². The SMILES string of the molecule is C=C(C)CCC/C=C\C(C)=Nc1ncc(C2CC2)nc1C(=O)Nc1cnn(C)c1C(=O)NC. The molecule has 9 nitrogen and oxygen atoms in total. The van der Waals surface area contributed by atoms with Crippen molar-refractivity contribution in [3.05, 3.63) is 53.8 Å². The summed E-state index contributed by atoms with van der Waals surface area (Å²) in [5.74, 6) is -0.267. The Balaban J connectivity index is 1.84. The molecule has 1 saturated carbocycles. The molecule has 3 rings (SSSR count). The van der Waals surface area contributed by atoms with Crippen LogP contribution in [-0.2, 0) is 7.05 Å². The molecule has 33 heavy (non-hydrogen) atoms. The lowest BCUT2D eigenvalue weighted by Crippen LogP contribution is -2.24. The number of allylic oxidation sites excluding steroid dienone is 3. The fraction of sp³-hybridized carbons (Fsp3) is 0.417. The molecule has 2 amide bonds. The Morgan fingerprint density at radius 1 is 1.27 bits per heavy atom. The van der Waals surface area contributed by atoms with Gasteiger partial charge in [-0.3, -0.25) is 14.3 Å². The van der Waals surface area contributed by atoms with Gasteiger partial charge in [0, 0.05) is 25.7 Å². The molecule has 2 aromatic heterocycles. The Morgan fingerprint density at radius 2 is 2.03 bits per heavy atom. The van der Waals surface area contributed by atoms with Crippen molar-refractivity contribution in [2.24, 2.45) is 12.0 Å². The molecule has 0 aromatic carbocycles. The summed E-state index contributed by atoms with van der Waals surface area (Å²) in [6, 6.07) is 0. The van der Waals surface area contributed by atoms with Gasteiger partial charge in [-0.1, -0.05) is 11.6 Å². The summed E-state index contributed by atoms with van der Waals surface area (Å²) in [6.07, 6.45) is 12.1. The Morgan fingerprint density at radius 3 is 2.70 bits per heavy atom. The van der Waals surface area contributed by atoms with E-state index in [4.69, 9.17) is 0 Å². The lowest BCUT2D eigenvalue weighted by Gasteiger charge is -2.09. The van der Waals surface area contributed by atoms with Crippen molar-refractivity contribution in [3.63, 3.8) is 0 Å². The number of aliphatic imine (C=N–C) groups is 1. The molecular formula is C24H31N7O2. The molecule has 174 valence electrons. The van der Waals surface area contributed by atoms with Crippen molar-refractivity contribution in [1.82, 2.24) is 25.1 Å². The number of anilines is 1. The third kappa shape index (κ3) is 6.44. The average molecular weight is 450 g/mol. The number of hydrogen-bond acceptors (Lipinski definition) is 6. The number of nitrogens with one attached hydrogen (secondary N) is 2. The van der Waals surface area contributed by atoms with Crippen molar-refractivity contribution in [2.45, 2.75) is 51.9 Å². The number of carbonyl (C=O) groups is 2. The minimum absolute atomic E-state index is 0.126. The normalized spacial score (nSPS) is 13.9. The van der Waals surface area contributed by atoms with E-state index in [-0.39, 0.29) is 23.1 Å². The van der Waals surface area contributed by atoms with E-state index in [1.54, 1.807) is 13.2 Å².